The van der Waals surface area contributed by atoms with E-state index >= 15 is 0 Å². The molecule has 35 heavy (non-hydrogen) atoms. The summed E-state index contributed by atoms with van der Waals surface area (Å²) in [6, 6.07) is 5.78. The predicted molar refractivity (Wildman–Crippen MR) is 115 cm³/mol. The Morgan fingerprint density at radius 1 is 1.03 bits per heavy atom. The summed E-state index contributed by atoms with van der Waals surface area (Å²) in [5, 5.41) is 0.646. The van der Waals surface area contributed by atoms with E-state index in [0.29, 0.717) is 37.6 Å². The van der Waals surface area contributed by atoms with E-state index in [-0.39, 0.29) is 18.5 Å². The Hall–Kier alpha value is -1.92. The summed E-state index contributed by atoms with van der Waals surface area (Å²) < 4.78 is 85.4. The lowest BCUT2D eigenvalue weighted by Gasteiger charge is -2.54. The Kier molecular flexibility index (Phi) is 7.36. The van der Waals surface area contributed by atoms with Crippen LogP contribution in [-0.2, 0) is 16.0 Å². The van der Waals surface area contributed by atoms with Gasteiger partial charge in [-0.05, 0) is 36.0 Å². The van der Waals surface area contributed by atoms with E-state index in [0.717, 1.165) is 42.3 Å². The number of hydrogen-bond acceptors (Lipinski definition) is 5. The van der Waals surface area contributed by atoms with Gasteiger partial charge < -0.3 is 19.3 Å². The summed E-state index contributed by atoms with van der Waals surface area (Å²) in [6.07, 6.45) is -16.2. The minimum absolute atomic E-state index is 0.0507. The third-order valence-corrected chi connectivity index (χ3v) is 7.04. The zero-order chi connectivity index (χ0) is 25.4. The van der Waals surface area contributed by atoms with Crippen molar-refractivity contribution >= 4 is 23.4 Å². The molecule has 1 aromatic rings. The number of carbonyl (C=O) groups excluding carboxylic acids is 1. The number of piperidine rings is 1. The van der Waals surface area contributed by atoms with Crippen LogP contribution in [0.2, 0.25) is 5.02 Å². The Morgan fingerprint density at radius 2 is 1.63 bits per heavy atom. The van der Waals surface area contributed by atoms with Crippen molar-refractivity contribution in [1.82, 2.24) is 9.80 Å². The second-order valence-electron chi connectivity index (χ2n) is 9.35. The Morgan fingerprint density at radius 3 is 2.20 bits per heavy atom. The zero-order valence-corrected chi connectivity index (χ0v) is 19.6. The summed E-state index contributed by atoms with van der Waals surface area (Å²) in [6.45, 7) is 5.08. The zero-order valence-electron chi connectivity index (χ0n) is 18.8. The van der Waals surface area contributed by atoms with Crippen LogP contribution < -0.4 is 4.90 Å². The first-order chi connectivity index (χ1) is 16.4. The van der Waals surface area contributed by atoms with Crippen molar-refractivity contribution in [3.8, 4) is 0 Å². The molecule has 0 bridgehead atoms. The summed E-state index contributed by atoms with van der Waals surface area (Å²) in [5.74, 6) is 0. The molecule has 3 aliphatic rings. The van der Waals surface area contributed by atoms with Crippen LogP contribution in [0.25, 0.3) is 0 Å². The van der Waals surface area contributed by atoms with Crippen molar-refractivity contribution in [2.24, 2.45) is 5.41 Å². The second-order valence-corrected chi connectivity index (χ2v) is 9.79. The molecule has 196 valence electrons. The van der Waals surface area contributed by atoms with E-state index in [4.69, 9.17) is 16.3 Å². The molecule has 3 fully saturated rings. The molecule has 0 radical (unpaired) electrons. The minimum atomic E-state index is -5.72. The van der Waals surface area contributed by atoms with Gasteiger partial charge in [0.25, 0.3) is 6.10 Å². The van der Waals surface area contributed by atoms with E-state index in [9.17, 15) is 31.1 Å². The van der Waals surface area contributed by atoms with Gasteiger partial charge in [-0.3, -0.25) is 4.90 Å². The molecule has 0 aliphatic carbocycles. The molecular weight excluding hydrogens is 504 g/mol. The van der Waals surface area contributed by atoms with Crippen molar-refractivity contribution in [1.29, 1.82) is 0 Å². The fourth-order valence-electron chi connectivity index (χ4n) is 5.00. The van der Waals surface area contributed by atoms with Crippen LogP contribution in [0.3, 0.4) is 0 Å². The third-order valence-electron chi connectivity index (χ3n) is 6.81. The fourth-order valence-corrected chi connectivity index (χ4v) is 5.17. The Balaban J connectivity index is 1.30. The second kappa shape index (κ2) is 9.85. The molecule has 4 rings (SSSR count). The number of likely N-dealkylation sites (tertiary alicyclic amines) is 2. The summed E-state index contributed by atoms with van der Waals surface area (Å²) in [7, 11) is 0. The van der Waals surface area contributed by atoms with Gasteiger partial charge in [-0.15, -0.1) is 0 Å². The van der Waals surface area contributed by atoms with Gasteiger partial charge in [0.1, 0.15) is 0 Å². The first-order valence-electron chi connectivity index (χ1n) is 11.3. The van der Waals surface area contributed by atoms with Crippen molar-refractivity contribution < 1.29 is 40.6 Å². The van der Waals surface area contributed by atoms with Crippen molar-refractivity contribution in [3.05, 3.63) is 28.8 Å². The lowest BCUT2D eigenvalue weighted by Crippen LogP contribution is -2.60. The first kappa shape index (κ1) is 26.2. The number of halogens is 7. The van der Waals surface area contributed by atoms with Crippen LogP contribution in [0.4, 0.5) is 36.8 Å². The number of hydrogen-bond donors (Lipinski definition) is 0. The standard InChI is InChI=1S/C22H26ClF6N3O3/c23-16-2-1-15(17(11-16)31-7-9-34-10-8-31)12-30-13-20(14-30)3-5-32(6-4-20)19(33)35-18(21(24,25)26)22(27,28)29/h1-2,11,18H,3-10,12-14H2. The summed E-state index contributed by atoms with van der Waals surface area (Å²) >= 11 is 6.22. The van der Waals surface area contributed by atoms with Crippen LogP contribution in [0.5, 0.6) is 0 Å². The SMILES string of the molecule is O=C(OC(C(F)(F)F)C(F)(F)F)N1CCC2(CC1)CN(Cc1ccc(Cl)cc1N1CCOCC1)C2. The molecule has 0 saturated carbocycles. The number of nitrogens with zero attached hydrogens (tertiary/aromatic N) is 3. The number of rotatable bonds is 4. The monoisotopic (exact) mass is 529 g/mol. The summed E-state index contributed by atoms with van der Waals surface area (Å²) in [5.41, 5.74) is 2.07. The van der Waals surface area contributed by atoms with E-state index in [2.05, 4.69) is 14.5 Å². The van der Waals surface area contributed by atoms with Crippen LogP contribution in [0.1, 0.15) is 18.4 Å². The van der Waals surface area contributed by atoms with Gasteiger partial charge in [-0.25, -0.2) is 4.79 Å². The molecule has 0 aromatic heterocycles. The lowest BCUT2D eigenvalue weighted by molar-refractivity contribution is -0.308. The van der Waals surface area contributed by atoms with Crippen LogP contribution in [0.15, 0.2) is 18.2 Å². The lowest BCUT2D eigenvalue weighted by atomic mass is 9.72. The van der Waals surface area contributed by atoms with Crippen LogP contribution >= 0.6 is 11.6 Å². The van der Waals surface area contributed by atoms with Crippen molar-refractivity contribution in [3.63, 3.8) is 0 Å². The van der Waals surface area contributed by atoms with E-state index in [1.165, 1.54) is 0 Å². The topological polar surface area (TPSA) is 45.2 Å². The number of amides is 1. The van der Waals surface area contributed by atoms with Gasteiger partial charge in [0, 0.05) is 56.5 Å². The molecule has 1 aromatic carbocycles. The fraction of sp³-hybridized carbons (Fsp3) is 0.682. The number of anilines is 1. The highest BCUT2D eigenvalue weighted by atomic mass is 35.5. The molecule has 0 atom stereocenters. The molecule has 0 unspecified atom stereocenters. The molecular formula is C22H26ClF6N3O3. The largest absolute Gasteiger partial charge is 0.434 e. The Bertz CT molecular complexity index is 893. The maximum atomic E-state index is 12.7. The predicted octanol–water partition coefficient (Wildman–Crippen LogP) is 4.70. The number of carbonyl (C=O) groups is 1. The molecule has 3 heterocycles. The molecule has 6 nitrogen and oxygen atoms in total. The smallest absolute Gasteiger partial charge is 0.426 e. The molecule has 1 amide bonds. The third kappa shape index (κ3) is 6.08. The maximum Gasteiger partial charge on any atom is 0.434 e. The minimum Gasteiger partial charge on any atom is -0.426 e. The van der Waals surface area contributed by atoms with Crippen LogP contribution in [-0.4, -0.2) is 86.8 Å². The molecule has 3 aliphatic heterocycles. The van der Waals surface area contributed by atoms with Gasteiger partial charge in [0.2, 0.25) is 0 Å². The average Bonchev–Trinajstić information content (AvgIpc) is 2.77. The molecule has 3 saturated heterocycles. The van der Waals surface area contributed by atoms with Crippen molar-refractivity contribution in [2.45, 2.75) is 37.8 Å². The van der Waals surface area contributed by atoms with E-state index < -0.39 is 24.5 Å². The molecule has 13 heteroatoms. The van der Waals surface area contributed by atoms with Crippen molar-refractivity contribution in [2.75, 3.05) is 57.4 Å². The quantitative estimate of drug-likeness (QED) is 0.529. The van der Waals surface area contributed by atoms with Gasteiger partial charge in [-0.2, -0.15) is 26.3 Å². The Labute approximate surface area is 203 Å². The highest BCUT2D eigenvalue weighted by molar-refractivity contribution is 6.30. The summed E-state index contributed by atoms with van der Waals surface area (Å²) in [4.78, 5) is 17.4. The van der Waals surface area contributed by atoms with Gasteiger partial charge >= 0.3 is 18.4 Å². The first-order valence-corrected chi connectivity index (χ1v) is 11.7. The van der Waals surface area contributed by atoms with Crippen LogP contribution in [0, 0.1) is 5.41 Å². The molecule has 0 N–H and O–H groups in total. The maximum absolute atomic E-state index is 12.7. The van der Waals surface area contributed by atoms with E-state index in [1.807, 2.05) is 18.2 Å². The number of ether oxygens (including phenoxy) is 2. The normalized spacial score (nSPS) is 21.4. The van der Waals surface area contributed by atoms with Gasteiger partial charge in [0.05, 0.1) is 13.2 Å². The number of alkyl halides is 6. The van der Waals surface area contributed by atoms with Gasteiger partial charge in [-0.1, -0.05) is 17.7 Å². The number of benzene rings is 1. The average molecular weight is 530 g/mol. The highest BCUT2D eigenvalue weighted by Gasteiger charge is 2.60. The van der Waals surface area contributed by atoms with Gasteiger partial charge in [0.15, 0.2) is 0 Å². The number of morpholine rings is 1. The highest BCUT2D eigenvalue weighted by Crippen LogP contribution is 2.42. The van der Waals surface area contributed by atoms with E-state index in [1.54, 1.807) is 0 Å². The molecule has 1 spiro atoms.